The normalized spacial score (nSPS) is 19.1. The SMILES string of the molecule is CNC(c1ccc(F)c(C)c1)C1(C(=O)O)COC1. The molecule has 1 aromatic rings. The molecule has 1 heterocycles. The maximum absolute atomic E-state index is 13.3. The van der Waals surface area contributed by atoms with Crippen LogP contribution in [0.15, 0.2) is 18.2 Å². The molecular formula is C13H16FNO3. The lowest BCUT2D eigenvalue weighted by Gasteiger charge is -2.43. The van der Waals surface area contributed by atoms with Gasteiger partial charge in [-0.05, 0) is 31.2 Å². The summed E-state index contributed by atoms with van der Waals surface area (Å²) in [6, 6.07) is 4.28. The molecule has 0 aromatic heterocycles. The summed E-state index contributed by atoms with van der Waals surface area (Å²) in [5.41, 5.74) is 0.314. The molecule has 0 bridgehead atoms. The Kier molecular flexibility index (Phi) is 3.36. The minimum absolute atomic E-state index is 0.171. The second-order valence-corrected chi connectivity index (χ2v) is 4.68. The number of rotatable bonds is 4. The van der Waals surface area contributed by atoms with Crippen molar-refractivity contribution in [3.63, 3.8) is 0 Å². The molecule has 1 fully saturated rings. The highest BCUT2D eigenvalue weighted by atomic mass is 19.1. The largest absolute Gasteiger partial charge is 0.481 e. The lowest BCUT2D eigenvalue weighted by molar-refractivity contribution is -0.186. The fraction of sp³-hybridized carbons (Fsp3) is 0.462. The van der Waals surface area contributed by atoms with Gasteiger partial charge in [0.15, 0.2) is 0 Å². The van der Waals surface area contributed by atoms with E-state index in [1.54, 1.807) is 26.1 Å². The molecule has 0 aliphatic carbocycles. The maximum atomic E-state index is 13.3. The fourth-order valence-corrected chi connectivity index (χ4v) is 2.35. The summed E-state index contributed by atoms with van der Waals surface area (Å²) < 4.78 is 18.3. The van der Waals surface area contributed by atoms with E-state index in [0.717, 1.165) is 5.56 Å². The topological polar surface area (TPSA) is 58.6 Å². The molecule has 1 unspecified atom stereocenters. The molecule has 1 saturated heterocycles. The van der Waals surface area contributed by atoms with Crippen LogP contribution in [-0.2, 0) is 9.53 Å². The molecular weight excluding hydrogens is 237 g/mol. The molecule has 1 aliphatic rings. The summed E-state index contributed by atoms with van der Waals surface area (Å²) in [4.78, 5) is 11.4. The summed E-state index contributed by atoms with van der Waals surface area (Å²) in [5, 5.41) is 12.4. The average molecular weight is 253 g/mol. The summed E-state index contributed by atoms with van der Waals surface area (Å²) in [7, 11) is 1.70. The minimum Gasteiger partial charge on any atom is -0.481 e. The van der Waals surface area contributed by atoms with Gasteiger partial charge in [-0.15, -0.1) is 0 Å². The highest BCUT2D eigenvalue weighted by molar-refractivity contribution is 5.77. The number of aryl methyl sites for hydroxylation is 1. The fourth-order valence-electron chi connectivity index (χ4n) is 2.35. The van der Waals surface area contributed by atoms with Gasteiger partial charge in [0.1, 0.15) is 11.2 Å². The minimum atomic E-state index is -0.959. The summed E-state index contributed by atoms with van der Waals surface area (Å²) >= 11 is 0. The van der Waals surface area contributed by atoms with Gasteiger partial charge in [0.2, 0.25) is 0 Å². The lowest BCUT2D eigenvalue weighted by atomic mass is 9.75. The Hall–Kier alpha value is -1.46. The zero-order valence-corrected chi connectivity index (χ0v) is 10.4. The third-order valence-corrected chi connectivity index (χ3v) is 3.50. The number of hydrogen-bond donors (Lipinski definition) is 2. The van der Waals surface area contributed by atoms with Crippen molar-refractivity contribution in [2.75, 3.05) is 20.3 Å². The summed E-state index contributed by atoms with van der Waals surface area (Å²) in [6.45, 7) is 2.00. The first-order valence-corrected chi connectivity index (χ1v) is 5.76. The van der Waals surface area contributed by atoms with Crippen molar-refractivity contribution in [1.29, 1.82) is 0 Å². The predicted molar refractivity (Wildman–Crippen MR) is 63.8 cm³/mol. The first kappa shape index (κ1) is 13.0. The van der Waals surface area contributed by atoms with Crippen LogP contribution in [0.4, 0.5) is 4.39 Å². The molecule has 2 rings (SSSR count). The van der Waals surface area contributed by atoms with Gasteiger partial charge in [-0.3, -0.25) is 4.79 Å². The van der Waals surface area contributed by atoms with Crippen LogP contribution in [0.5, 0.6) is 0 Å². The Morgan fingerprint density at radius 1 is 1.56 bits per heavy atom. The highest BCUT2D eigenvalue weighted by Crippen LogP contribution is 2.41. The van der Waals surface area contributed by atoms with Crippen molar-refractivity contribution in [1.82, 2.24) is 5.32 Å². The van der Waals surface area contributed by atoms with Crippen LogP contribution in [0.3, 0.4) is 0 Å². The molecule has 0 saturated carbocycles. The zero-order valence-electron chi connectivity index (χ0n) is 10.4. The first-order chi connectivity index (χ1) is 8.51. The standard InChI is InChI=1S/C13H16FNO3/c1-8-5-9(3-4-10(8)14)11(15-2)13(12(16)17)6-18-7-13/h3-5,11,15H,6-7H2,1-2H3,(H,16,17). The van der Waals surface area contributed by atoms with Gasteiger partial charge in [-0.2, -0.15) is 0 Å². The quantitative estimate of drug-likeness (QED) is 0.853. The lowest BCUT2D eigenvalue weighted by Crippen LogP contribution is -2.56. The van der Waals surface area contributed by atoms with Crippen molar-refractivity contribution in [3.05, 3.63) is 35.1 Å². The molecule has 0 radical (unpaired) electrons. The Morgan fingerprint density at radius 2 is 2.22 bits per heavy atom. The van der Waals surface area contributed by atoms with Gasteiger partial charge in [0, 0.05) is 0 Å². The first-order valence-electron chi connectivity index (χ1n) is 5.76. The second-order valence-electron chi connectivity index (χ2n) is 4.68. The molecule has 5 heteroatoms. The number of carbonyl (C=O) groups is 1. The van der Waals surface area contributed by atoms with Gasteiger partial charge in [0.25, 0.3) is 0 Å². The predicted octanol–water partition coefficient (Wildman–Crippen LogP) is 1.50. The van der Waals surface area contributed by atoms with Crippen molar-refractivity contribution >= 4 is 5.97 Å². The molecule has 0 spiro atoms. The molecule has 1 aliphatic heterocycles. The van der Waals surface area contributed by atoms with Crippen LogP contribution in [0.1, 0.15) is 17.2 Å². The number of nitrogens with one attached hydrogen (secondary N) is 1. The third kappa shape index (κ3) is 1.89. The van der Waals surface area contributed by atoms with Crippen LogP contribution < -0.4 is 5.32 Å². The monoisotopic (exact) mass is 253 g/mol. The molecule has 2 N–H and O–H groups in total. The van der Waals surface area contributed by atoms with Crippen LogP contribution >= 0.6 is 0 Å². The Morgan fingerprint density at radius 3 is 2.61 bits per heavy atom. The number of aliphatic carboxylic acids is 1. The van der Waals surface area contributed by atoms with E-state index in [0.29, 0.717) is 5.56 Å². The van der Waals surface area contributed by atoms with E-state index in [9.17, 15) is 14.3 Å². The van der Waals surface area contributed by atoms with Crippen molar-refractivity contribution in [3.8, 4) is 0 Å². The number of carboxylic acid groups (broad SMARTS) is 1. The Labute approximate surface area is 105 Å². The average Bonchev–Trinajstić information content (AvgIpc) is 2.26. The van der Waals surface area contributed by atoms with Gasteiger partial charge in [-0.1, -0.05) is 12.1 Å². The van der Waals surface area contributed by atoms with Crippen LogP contribution in [0, 0.1) is 18.2 Å². The van der Waals surface area contributed by atoms with Gasteiger partial charge >= 0.3 is 5.97 Å². The summed E-state index contributed by atoms with van der Waals surface area (Å²) in [6.07, 6.45) is 0. The van der Waals surface area contributed by atoms with Gasteiger partial charge in [0.05, 0.1) is 19.3 Å². The number of hydrogen-bond acceptors (Lipinski definition) is 3. The van der Waals surface area contributed by atoms with E-state index >= 15 is 0 Å². The Bertz CT molecular complexity index is 471. The zero-order chi connectivity index (χ0) is 13.3. The van der Waals surface area contributed by atoms with Crippen molar-refractivity contribution in [2.45, 2.75) is 13.0 Å². The number of carboxylic acids is 1. The molecule has 1 aromatic carbocycles. The second kappa shape index (κ2) is 4.66. The smallest absolute Gasteiger partial charge is 0.316 e. The van der Waals surface area contributed by atoms with E-state index in [1.165, 1.54) is 6.07 Å². The van der Waals surface area contributed by atoms with Crippen LogP contribution in [0.2, 0.25) is 0 Å². The maximum Gasteiger partial charge on any atom is 0.316 e. The number of halogens is 1. The van der Waals surface area contributed by atoms with Crippen LogP contribution in [0.25, 0.3) is 0 Å². The molecule has 0 amide bonds. The molecule has 98 valence electrons. The van der Waals surface area contributed by atoms with E-state index < -0.39 is 11.4 Å². The molecule has 4 nitrogen and oxygen atoms in total. The molecule has 18 heavy (non-hydrogen) atoms. The number of benzene rings is 1. The van der Waals surface area contributed by atoms with Crippen molar-refractivity contribution in [2.24, 2.45) is 5.41 Å². The van der Waals surface area contributed by atoms with Crippen molar-refractivity contribution < 1.29 is 19.0 Å². The van der Waals surface area contributed by atoms with Gasteiger partial charge < -0.3 is 15.2 Å². The van der Waals surface area contributed by atoms with Crippen LogP contribution in [-0.4, -0.2) is 31.3 Å². The summed E-state index contributed by atoms with van der Waals surface area (Å²) in [5.74, 6) is -1.18. The van der Waals surface area contributed by atoms with E-state index in [4.69, 9.17) is 4.74 Å². The number of ether oxygens (including phenoxy) is 1. The van der Waals surface area contributed by atoms with E-state index in [2.05, 4.69) is 5.32 Å². The third-order valence-electron chi connectivity index (χ3n) is 3.50. The molecule has 1 atom stereocenters. The van der Waals surface area contributed by atoms with E-state index in [-0.39, 0.29) is 25.1 Å². The van der Waals surface area contributed by atoms with Gasteiger partial charge in [-0.25, -0.2) is 4.39 Å². The highest BCUT2D eigenvalue weighted by Gasteiger charge is 2.52. The Balaban J connectivity index is 2.38. The van der Waals surface area contributed by atoms with E-state index in [1.807, 2.05) is 0 Å².